The van der Waals surface area contributed by atoms with Crippen LogP contribution in [-0.4, -0.2) is 22.4 Å². The molecule has 0 saturated heterocycles. The molecule has 3 aliphatic carbocycles. The van der Waals surface area contributed by atoms with Crippen molar-refractivity contribution in [1.82, 2.24) is 0 Å². The molecule has 5 atom stereocenters. The Bertz CT molecular complexity index is 512. The fourth-order valence-corrected chi connectivity index (χ4v) is 7.38. The van der Waals surface area contributed by atoms with Crippen molar-refractivity contribution in [3.05, 3.63) is 0 Å². The molecule has 0 bridgehead atoms. The molecule has 4 radical (unpaired) electrons. The first-order valence-corrected chi connectivity index (χ1v) is 14.3. The third kappa shape index (κ3) is 7.34. The van der Waals surface area contributed by atoms with Gasteiger partial charge in [0.25, 0.3) is 0 Å². The molecule has 0 spiro atoms. The zero-order chi connectivity index (χ0) is 22.3. The Labute approximate surface area is 199 Å². The van der Waals surface area contributed by atoms with Crippen molar-refractivity contribution < 1.29 is 0 Å². The van der Waals surface area contributed by atoms with Crippen molar-refractivity contribution in [2.75, 3.05) is 0 Å². The van der Waals surface area contributed by atoms with E-state index in [2.05, 4.69) is 42.3 Å². The van der Waals surface area contributed by atoms with Gasteiger partial charge in [0.15, 0.2) is 0 Å². The van der Waals surface area contributed by atoms with Gasteiger partial charge in [-0.3, -0.25) is 0 Å². The van der Waals surface area contributed by atoms with Crippen LogP contribution in [0.15, 0.2) is 0 Å². The van der Waals surface area contributed by atoms with Crippen LogP contribution in [0, 0.1) is 11.3 Å². The summed E-state index contributed by atoms with van der Waals surface area (Å²) in [7, 11) is 12.5. The average molecular weight is 420 g/mol. The summed E-state index contributed by atoms with van der Waals surface area (Å²) in [5.41, 5.74) is 0.454. The first-order valence-electron chi connectivity index (χ1n) is 14.3. The van der Waals surface area contributed by atoms with Crippen LogP contribution in [0.3, 0.4) is 0 Å². The molecule has 3 rings (SSSR count). The Kier molecular flexibility index (Phi) is 10.0. The molecular weight excluding hydrogens is 369 g/mol. The lowest BCUT2D eigenvalue weighted by Gasteiger charge is -2.44. The maximum Gasteiger partial charge on any atom is 0.118 e. The molecule has 0 aromatic heterocycles. The molecule has 3 aliphatic rings. The van der Waals surface area contributed by atoms with Gasteiger partial charge in [-0.05, 0) is 11.3 Å². The maximum atomic E-state index is 6.81. The van der Waals surface area contributed by atoms with Crippen LogP contribution in [-0.2, 0) is 0 Å². The van der Waals surface area contributed by atoms with Gasteiger partial charge >= 0.3 is 0 Å². The minimum Gasteiger partial charge on any atom is -0.0688 e. The summed E-state index contributed by atoms with van der Waals surface area (Å²) < 4.78 is 0. The van der Waals surface area contributed by atoms with Crippen LogP contribution >= 0.6 is 0 Å². The van der Waals surface area contributed by atoms with Gasteiger partial charge in [0.2, 0.25) is 0 Å². The van der Waals surface area contributed by atoms with Gasteiger partial charge in [-0.25, -0.2) is 0 Å². The second-order valence-corrected chi connectivity index (χ2v) is 12.6. The lowest BCUT2D eigenvalue weighted by molar-refractivity contribution is 0.183. The normalized spacial score (nSPS) is 39.2. The Balaban J connectivity index is 1.65. The number of hydrogen-bond acceptors (Lipinski definition) is 0. The third-order valence-corrected chi connectivity index (χ3v) is 10.0. The van der Waals surface area contributed by atoms with Crippen LogP contribution in [0.25, 0.3) is 0 Å². The van der Waals surface area contributed by atoms with Crippen molar-refractivity contribution in [3.63, 3.8) is 0 Å². The van der Waals surface area contributed by atoms with Gasteiger partial charge in [-0.2, -0.15) is 0 Å². The van der Waals surface area contributed by atoms with Gasteiger partial charge in [-0.1, -0.05) is 165 Å². The Morgan fingerprint density at radius 1 is 0.742 bits per heavy atom. The fraction of sp³-hybridized carbons (Fsp3) is 1.00. The van der Waals surface area contributed by atoms with E-state index in [1.165, 1.54) is 103 Å². The molecule has 3 fully saturated rings. The molecule has 0 aromatic rings. The SMILES string of the molecule is [B]C1(CC)CCCCC([B]C2CCCC([B]C3CCCCCCC3)C(C)(C(C)C)C2)C1. The molecule has 0 nitrogen and oxygen atoms in total. The van der Waals surface area contributed by atoms with E-state index in [9.17, 15) is 0 Å². The van der Waals surface area contributed by atoms with E-state index >= 15 is 0 Å². The molecular formula is C28H51B3. The van der Waals surface area contributed by atoms with Crippen LogP contribution in [0.4, 0.5) is 0 Å². The van der Waals surface area contributed by atoms with Gasteiger partial charge in [0.05, 0.1) is 7.85 Å². The van der Waals surface area contributed by atoms with E-state index in [1.807, 2.05) is 0 Å². The zero-order valence-corrected chi connectivity index (χ0v) is 21.6. The lowest BCUT2D eigenvalue weighted by atomic mass is 9.40. The second kappa shape index (κ2) is 12.1. The van der Waals surface area contributed by atoms with E-state index in [-0.39, 0.29) is 5.31 Å². The van der Waals surface area contributed by atoms with E-state index in [4.69, 9.17) is 7.85 Å². The number of rotatable bonds is 6. The van der Waals surface area contributed by atoms with E-state index in [0.717, 1.165) is 35.6 Å². The summed E-state index contributed by atoms with van der Waals surface area (Å²) in [6, 6.07) is 0. The highest BCUT2D eigenvalue weighted by Gasteiger charge is 2.42. The van der Waals surface area contributed by atoms with Gasteiger partial charge in [0.1, 0.15) is 14.6 Å². The maximum absolute atomic E-state index is 6.81. The molecule has 0 heterocycles. The first-order chi connectivity index (χ1) is 14.8. The van der Waals surface area contributed by atoms with Crippen molar-refractivity contribution in [3.8, 4) is 0 Å². The van der Waals surface area contributed by atoms with Crippen LogP contribution in [0.2, 0.25) is 28.6 Å². The highest BCUT2D eigenvalue weighted by molar-refractivity contribution is 6.41. The summed E-state index contributed by atoms with van der Waals surface area (Å²) in [6.07, 6.45) is 23.6. The largest absolute Gasteiger partial charge is 0.118 e. The molecule has 5 unspecified atom stereocenters. The Hall–Kier alpha value is 0.195. The summed E-state index contributed by atoms with van der Waals surface area (Å²) >= 11 is 0. The monoisotopic (exact) mass is 420 g/mol. The molecule has 0 N–H and O–H groups in total. The minimum atomic E-state index is 0.0955. The average Bonchev–Trinajstić information content (AvgIpc) is 2.99. The smallest absolute Gasteiger partial charge is 0.0688 e. The molecule has 0 aliphatic heterocycles. The Morgan fingerprint density at radius 3 is 2.00 bits per heavy atom. The standard InChI is InChI=1S/C28H51B3/c1-5-28(29)19-12-11-16-25(21-28)30-24-17-13-18-26(27(4,20-24)22(2)3)31-23-14-9-7-6-8-10-15-23/h22-26H,5-21H2,1-4H3. The van der Waals surface area contributed by atoms with Crippen LogP contribution in [0.1, 0.15) is 137 Å². The lowest BCUT2D eigenvalue weighted by Crippen LogP contribution is -2.34. The van der Waals surface area contributed by atoms with E-state index < -0.39 is 0 Å². The van der Waals surface area contributed by atoms with Crippen molar-refractivity contribution in [1.29, 1.82) is 0 Å². The van der Waals surface area contributed by atoms with E-state index in [0.29, 0.717) is 5.41 Å². The number of hydrogen-bond donors (Lipinski definition) is 0. The molecule has 172 valence electrons. The molecule has 31 heavy (non-hydrogen) atoms. The summed E-state index contributed by atoms with van der Waals surface area (Å²) in [5, 5.41) is 0.0955. The molecule has 3 heteroatoms. The van der Waals surface area contributed by atoms with Crippen molar-refractivity contribution in [2.24, 2.45) is 11.3 Å². The molecule has 0 aromatic carbocycles. The summed E-state index contributed by atoms with van der Waals surface area (Å²) in [5.74, 6) is 4.00. The summed E-state index contributed by atoms with van der Waals surface area (Å²) in [6.45, 7) is 9.98. The topological polar surface area (TPSA) is 0 Å². The van der Waals surface area contributed by atoms with Crippen molar-refractivity contribution in [2.45, 2.75) is 165 Å². The van der Waals surface area contributed by atoms with Gasteiger partial charge in [-0.15, -0.1) is 0 Å². The molecule has 3 saturated carbocycles. The van der Waals surface area contributed by atoms with Crippen LogP contribution in [0.5, 0.6) is 0 Å². The van der Waals surface area contributed by atoms with Crippen molar-refractivity contribution >= 4 is 22.4 Å². The highest BCUT2D eigenvalue weighted by Crippen LogP contribution is 2.55. The predicted molar refractivity (Wildman–Crippen MR) is 142 cm³/mol. The zero-order valence-electron chi connectivity index (χ0n) is 21.6. The quantitative estimate of drug-likeness (QED) is 0.297. The summed E-state index contributed by atoms with van der Waals surface area (Å²) in [4.78, 5) is 0. The van der Waals surface area contributed by atoms with Gasteiger partial charge in [0, 0.05) is 0 Å². The third-order valence-electron chi connectivity index (χ3n) is 10.0. The van der Waals surface area contributed by atoms with Crippen LogP contribution < -0.4 is 0 Å². The van der Waals surface area contributed by atoms with E-state index in [1.54, 1.807) is 0 Å². The first kappa shape index (κ1) is 25.8. The minimum absolute atomic E-state index is 0.0955. The molecule has 0 amide bonds. The Morgan fingerprint density at radius 2 is 1.32 bits per heavy atom. The predicted octanol–water partition coefficient (Wildman–Crippen LogP) is 9.23. The second-order valence-electron chi connectivity index (χ2n) is 12.6. The highest BCUT2D eigenvalue weighted by atomic mass is 14.4. The fourth-order valence-electron chi connectivity index (χ4n) is 7.38. The van der Waals surface area contributed by atoms with Gasteiger partial charge < -0.3 is 0 Å².